The van der Waals surface area contributed by atoms with Crippen molar-refractivity contribution in [3.63, 3.8) is 0 Å². The lowest BCUT2D eigenvalue weighted by Crippen LogP contribution is -2.05. The molecule has 1 atom stereocenters. The number of phenols is 2. The highest BCUT2D eigenvalue weighted by Gasteiger charge is 2.18. The zero-order valence-electron chi connectivity index (χ0n) is 16.3. The van der Waals surface area contributed by atoms with Crippen molar-refractivity contribution in [1.29, 1.82) is 0 Å². The quantitative estimate of drug-likeness (QED) is 0.542. The van der Waals surface area contributed by atoms with Crippen LogP contribution < -0.4 is 0 Å². The van der Waals surface area contributed by atoms with Crippen molar-refractivity contribution in [1.82, 2.24) is 0 Å². The summed E-state index contributed by atoms with van der Waals surface area (Å²) in [4.78, 5) is 0. The second-order valence-electron chi connectivity index (χ2n) is 6.83. The number of aliphatic hydroxyl groups is 2. The van der Waals surface area contributed by atoms with E-state index in [9.17, 15) is 20.4 Å². The van der Waals surface area contributed by atoms with Crippen LogP contribution in [-0.4, -0.2) is 40.7 Å². The Morgan fingerprint density at radius 2 is 1.26 bits per heavy atom. The summed E-state index contributed by atoms with van der Waals surface area (Å²) in [6.45, 7) is 4.29. The number of aliphatic hydroxyl groups excluding tert-OH is 2. The van der Waals surface area contributed by atoms with Crippen molar-refractivity contribution in [3.05, 3.63) is 57.6 Å². The summed E-state index contributed by atoms with van der Waals surface area (Å²) in [6.07, 6.45) is 1.43. The second kappa shape index (κ2) is 9.74. The number of hydrogen-bond donors (Lipinski definition) is 4. The van der Waals surface area contributed by atoms with Crippen molar-refractivity contribution < 1.29 is 25.2 Å². The molecule has 0 amide bonds. The molecule has 0 radical (unpaired) electrons. The van der Waals surface area contributed by atoms with Gasteiger partial charge >= 0.3 is 0 Å². The minimum absolute atomic E-state index is 0.0157. The molecule has 0 aliphatic carbocycles. The number of aryl methyl sites for hydroxylation is 1. The van der Waals surface area contributed by atoms with Crippen LogP contribution in [0.1, 0.15) is 53.1 Å². The summed E-state index contributed by atoms with van der Waals surface area (Å²) >= 11 is 0. The lowest BCUT2D eigenvalue weighted by atomic mass is 9.87. The Morgan fingerprint density at radius 1 is 0.815 bits per heavy atom. The molecule has 0 aliphatic heterocycles. The van der Waals surface area contributed by atoms with E-state index in [2.05, 4.69) is 6.92 Å². The number of rotatable bonds is 9. The van der Waals surface area contributed by atoms with Gasteiger partial charge in [-0.05, 0) is 53.1 Å². The SMILES string of the molecule is CCc1cc(C(C)c2cc(CCO)c(O)c(CCO)c2)cc(COC)c1O. The number of phenolic OH excluding ortho intramolecular Hbond substituents is 2. The van der Waals surface area contributed by atoms with E-state index in [-0.39, 0.29) is 30.6 Å². The maximum atomic E-state index is 10.4. The predicted molar refractivity (Wildman–Crippen MR) is 105 cm³/mol. The van der Waals surface area contributed by atoms with E-state index in [1.807, 2.05) is 31.2 Å². The van der Waals surface area contributed by atoms with Gasteiger partial charge in [-0.1, -0.05) is 32.0 Å². The minimum Gasteiger partial charge on any atom is -0.507 e. The smallest absolute Gasteiger partial charge is 0.124 e. The third-order valence-electron chi connectivity index (χ3n) is 5.02. The van der Waals surface area contributed by atoms with Crippen LogP contribution >= 0.6 is 0 Å². The van der Waals surface area contributed by atoms with Crippen molar-refractivity contribution in [2.24, 2.45) is 0 Å². The first-order valence-electron chi connectivity index (χ1n) is 9.36. The molecule has 0 saturated carbocycles. The van der Waals surface area contributed by atoms with Gasteiger partial charge in [0, 0.05) is 31.8 Å². The number of hydrogen-bond acceptors (Lipinski definition) is 5. The molecule has 2 aromatic carbocycles. The third kappa shape index (κ3) is 4.80. The van der Waals surface area contributed by atoms with Gasteiger partial charge in [0.15, 0.2) is 0 Å². The van der Waals surface area contributed by atoms with Crippen LogP contribution in [0, 0.1) is 0 Å². The Balaban J connectivity index is 2.53. The molecule has 148 valence electrons. The molecule has 5 heteroatoms. The van der Waals surface area contributed by atoms with Crippen LogP contribution in [0.5, 0.6) is 11.5 Å². The Hall–Kier alpha value is -2.08. The van der Waals surface area contributed by atoms with E-state index in [0.29, 0.717) is 37.0 Å². The van der Waals surface area contributed by atoms with Gasteiger partial charge in [0.2, 0.25) is 0 Å². The number of methoxy groups -OCH3 is 1. The zero-order chi connectivity index (χ0) is 20.0. The van der Waals surface area contributed by atoms with Crippen molar-refractivity contribution in [2.45, 2.75) is 45.6 Å². The van der Waals surface area contributed by atoms with Crippen LogP contribution in [0.4, 0.5) is 0 Å². The van der Waals surface area contributed by atoms with E-state index in [1.165, 1.54) is 0 Å². The van der Waals surface area contributed by atoms with Crippen LogP contribution in [-0.2, 0) is 30.6 Å². The summed E-state index contributed by atoms with van der Waals surface area (Å²) < 4.78 is 5.22. The zero-order valence-corrected chi connectivity index (χ0v) is 16.3. The Bertz CT molecular complexity index is 743. The van der Waals surface area contributed by atoms with E-state index >= 15 is 0 Å². The Morgan fingerprint density at radius 3 is 1.70 bits per heavy atom. The summed E-state index contributed by atoms with van der Waals surface area (Å²) in [7, 11) is 1.60. The van der Waals surface area contributed by atoms with Crippen LogP contribution in [0.15, 0.2) is 24.3 Å². The third-order valence-corrected chi connectivity index (χ3v) is 5.02. The lowest BCUT2D eigenvalue weighted by molar-refractivity contribution is 0.182. The van der Waals surface area contributed by atoms with Crippen molar-refractivity contribution in [3.8, 4) is 11.5 Å². The maximum Gasteiger partial charge on any atom is 0.124 e. The first-order valence-corrected chi connectivity index (χ1v) is 9.36. The molecule has 2 rings (SSSR count). The average molecular weight is 374 g/mol. The topological polar surface area (TPSA) is 90.2 Å². The number of aromatic hydroxyl groups is 2. The van der Waals surface area contributed by atoms with Gasteiger partial charge < -0.3 is 25.2 Å². The first kappa shape index (κ1) is 21.2. The summed E-state index contributed by atoms with van der Waals surface area (Å²) in [5.74, 6) is 0.444. The molecule has 0 heterocycles. The highest BCUT2D eigenvalue weighted by atomic mass is 16.5. The van der Waals surface area contributed by atoms with Crippen molar-refractivity contribution >= 4 is 0 Å². The van der Waals surface area contributed by atoms with Gasteiger partial charge in [-0.3, -0.25) is 0 Å². The van der Waals surface area contributed by atoms with Crippen molar-refractivity contribution in [2.75, 3.05) is 20.3 Å². The average Bonchev–Trinajstić information content (AvgIpc) is 2.66. The molecule has 4 N–H and O–H groups in total. The molecule has 5 nitrogen and oxygen atoms in total. The van der Waals surface area contributed by atoms with Gasteiger partial charge in [0.05, 0.1) is 6.61 Å². The monoisotopic (exact) mass is 374 g/mol. The second-order valence-corrected chi connectivity index (χ2v) is 6.83. The molecule has 0 bridgehead atoms. The van der Waals surface area contributed by atoms with Gasteiger partial charge in [-0.25, -0.2) is 0 Å². The van der Waals surface area contributed by atoms with Gasteiger partial charge in [0.25, 0.3) is 0 Å². The van der Waals surface area contributed by atoms with Crippen LogP contribution in [0.2, 0.25) is 0 Å². The van der Waals surface area contributed by atoms with E-state index < -0.39 is 0 Å². The molecule has 1 unspecified atom stereocenters. The Labute approximate surface area is 160 Å². The summed E-state index contributed by atoms with van der Waals surface area (Å²) in [5, 5.41) is 39.4. The number of ether oxygens (including phenoxy) is 1. The van der Waals surface area contributed by atoms with E-state index in [0.717, 1.165) is 22.3 Å². The highest BCUT2D eigenvalue weighted by Crippen LogP contribution is 2.35. The standard InChI is InChI=1S/C22H30O5/c1-4-15-9-18(12-20(13-27-3)21(15)25)14(2)19-10-16(5-7-23)22(26)17(11-19)6-8-24/h9-12,14,23-26H,4-8,13H2,1-3H3. The molecule has 2 aromatic rings. The molecule has 0 spiro atoms. The van der Waals surface area contributed by atoms with Gasteiger partial charge in [-0.15, -0.1) is 0 Å². The molecule has 0 aromatic heterocycles. The molecular formula is C22H30O5. The molecule has 27 heavy (non-hydrogen) atoms. The van der Waals surface area contributed by atoms with Gasteiger partial charge in [0.1, 0.15) is 11.5 Å². The fraction of sp³-hybridized carbons (Fsp3) is 0.455. The largest absolute Gasteiger partial charge is 0.507 e. The van der Waals surface area contributed by atoms with Crippen LogP contribution in [0.25, 0.3) is 0 Å². The normalized spacial score (nSPS) is 12.3. The minimum atomic E-state index is -0.0544. The molecular weight excluding hydrogens is 344 g/mol. The summed E-state index contributed by atoms with van der Waals surface area (Å²) in [5.41, 5.74) is 5.02. The van der Waals surface area contributed by atoms with Gasteiger partial charge in [-0.2, -0.15) is 0 Å². The van der Waals surface area contributed by atoms with E-state index in [4.69, 9.17) is 4.74 Å². The predicted octanol–water partition coefficient (Wildman–Crippen LogP) is 3.03. The fourth-order valence-electron chi connectivity index (χ4n) is 3.42. The molecule has 0 aliphatic rings. The Kier molecular flexibility index (Phi) is 7.66. The fourth-order valence-corrected chi connectivity index (χ4v) is 3.42. The summed E-state index contributed by atoms with van der Waals surface area (Å²) in [6, 6.07) is 7.77. The highest BCUT2D eigenvalue weighted by molar-refractivity contribution is 5.50. The lowest BCUT2D eigenvalue weighted by Gasteiger charge is -2.20. The molecule has 0 saturated heterocycles. The van der Waals surface area contributed by atoms with Crippen LogP contribution in [0.3, 0.4) is 0 Å². The number of benzene rings is 2. The first-order chi connectivity index (χ1) is 13.0. The molecule has 0 fully saturated rings. The van der Waals surface area contributed by atoms with E-state index in [1.54, 1.807) is 7.11 Å². The maximum absolute atomic E-state index is 10.4.